The molecular weight excluding hydrogens is 314 g/mol. The molecular formula is C20H33N3O2. The van der Waals surface area contributed by atoms with E-state index < -0.39 is 0 Å². The molecule has 0 radical (unpaired) electrons. The van der Waals surface area contributed by atoms with Crippen LogP contribution >= 0.6 is 0 Å². The number of ether oxygens (including phenoxy) is 1. The molecule has 5 nitrogen and oxygen atoms in total. The van der Waals surface area contributed by atoms with Crippen LogP contribution in [0, 0.1) is 0 Å². The quantitative estimate of drug-likeness (QED) is 0.719. The lowest BCUT2D eigenvalue weighted by atomic mass is 10.1. The summed E-state index contributed by atoms with van der Waals surface area (Å²) >= 11 is 0. The second kappa shape index (κ2) is 9.90. The molecule has 1 atom stereocenters. The molecule has 0 spiro atoms. The summed E-state index contributed by atoms with van der Waals surface area (Å²) in [4.78, 5) is 19.6. The van der Waals surface area contributed by atoms with Crippen LogP contribution in [0.25, 0.3) is 0 Å². The first kappa shape index (κ1) is 19.9. The molecule has 25 heavy (non-hydrogen) atoms. The Balaban J connectivity index is 2.02. The predicted octanol–water partition coefficient (Wildman–Crippen LogP) is 1.86. The molecule has 1 aromatic rings. The van der Waals surface area contributed by atoms with Gasteiger partial charge in [-0.2, -0.15) is 0 Å². The number of hydrogen-bond donors (Lipinski definition) is 0. The third kappa shape index (κ3) is 5.80. The van der Waals surface area contributed by atoms with Gasteiger partial charge in [0.2, 0.25) is 5.91 Å². The van der Waals surface area contributed by atoms with Crippen LogP contribution in [-0.2, 0) is 22.5 Å². The molecule has 1 aromatic carbocycles. The van der Waals surface area contributed by atoms with Gasteiger partial charge in [-0.25, -0.2) is 0 Å². The molecule has 5 heteroatoms. The summed E-state index contributed by atoms with van der Waals surface area (Å²) in [6.07, 6.45) is 1.03. The van der Waals surface area contributed by atoms with Crippen molar-refractivity contribution < 1.29 is 9.53 Å². The molecule has 1 amide bonds. The minimum atomic E-state index is -0.0829. The molecule has 1 fully saturated rings. The van der Waals surface area contributed by atoms with Gasteiger partial charge in [-0.3, -0.25) is 9.69 Å². The summed E-state index contributed by atoms with van der Waals surface area (Å²) in [5.41, 5.74) is 2.50. The molecule has 0 saturated carbocycles. The van der Waals surface area contributed by atoms with Crippen molar-refractivity contribution in [1.29, 1.82) is 0 Å². The first-order chi connectivity index (χ1) is 12.0. The largest absolute Gasteiger partial charge is 0.383 e. The summed E-state index contributed by atoms with van der Waals surface area (Å²) in [7, 11) is 3.82. The van der Waals surface area contributed by atoms with Crippen LogP contribution in [0.1, 0.15) is 25.0 Å². The maximum absolute atomic E-state index is 13.1. The summed E-state index contributed by atoms with van der Waals surface area (Å²) in [5.74, 6) is 0.196. The molecule has 0 unspecified atom stereocenters. The Labute approximate surface area is 152 Å². The van der Waals surface area contributed by atoms with E-state index in [4.69, 9.17) is 4.74 Å². The lowest BCUT2D eigenvalue weighted by Crippen LogP contribution is -2.54. The maximum Gasteiger partial charge on any atom is 0.240 e. The van der Waals surface area contributed by atoms with Crippen LogP contribution in [0.4, 0.5) is 0 Å². The van der Waals surface area contributed by atoms with Gasteiger partial charge in [0.05, 0.1) is 12.6 Å². The van der Waals surface area contributed by atoms with E-state index in [0.717, 1.165) is 32.6 Å². The Morgan fingerprint density at radius 3 is 2.32 bits per heavy atom. The van der Waals surface area contributed by atoms with Gasteiger partial charge in [-0.05, 0) is 31.5 Å². The highest BCUT2D eigenvalue weighted by Crippen LogP contribution is 2.13. The van der Waals surface area contributed by atoms with E-state index in [2.05, 4.69) is 48.0 Å². The number of carbonyl (C=O) groups excluding carboxylic acids is 1. The van der Waals surface area contributed by atoms with Crippen molar-refractivity contribution in [1.82, 2.24) is 14.7 Å². The SMILES string of the molecule is CCc1ccc(CN(CCOC)C(=O)[C@H](C)N2CCN(C)CC2)cc1. The average molecular weight is 348 g/mol. The van der Waals surface area contributed by atoms with Gasteiger partial charge in [0, 0.05) is 46.4 Å². The minimum absolute atomic E-state index is 0.0829. The van der Waals surface area contributed by atoms with E-state index in [1.807, 2.05) is 11.8 Å². The predicted molar refractivity (Wildman–Crippen MR) is 102 cm³/mol. The van der Waals surface area contributed by atoms with Crippen LogP contribution in [0.3, 0.4) is 0 Å². The minimum Gasteiger partial charge on any atom is -0.383 e. The summed E-state index contributed by atoms with van der Waals surface area (Å²) in [5, 5.41) is 0. The summed E-state index contributed by atoms with van der Waals surface area (Å²) in [6.45, 7) is 9.97. The number of carbonyl (C=O) groups is 1. The zero-order valence-corrected chi connectivity index (χ0v) is 16.2. The number of nitrogens with zero attached hydrogens (tertiary/aromatic N) is 3. The van der Waals surface area contributed by atoms with Crippen molar-refractivity contribution in [2.45, 2.75) is 32.9 Å². The lowest BCUT2D eigenvalue weighted by molar-refractivity contribution is -0.138. The van der Waals surface area contributed by atoms with Crippen LogP contribution < -0.4 is 0 Å². The number of piperazine rings is 1. The van der Waals surface area contributed by atoms with Gasteiger partial charge in [0.25, 0.3) is 0 Å². The molecule has 0 aromatic heterocycles. The highest BCUT2D eigenvalue weighted by atomic mass is 16.5. The van der Waals surface area contributed by atoms with Crippen LogP contribution in [0.2, 0.25) is 0 Å². The molecule has 1 aliphatic rings. The van der Waals surface area contributed by atoms with Gasteiger partial charge in [0.1, 0.15) is 0 Å². The smallest absolute Gasteiger partial charge is 0.240 e. The number of likely N-dealkylation sites (N-methyl/N-ethyl adjacent to an activating group) is 1. The molecule has 0 bridgehead atoms. The highest BCUT2D eigenvalue weighted by molar-refractivity contribution is 5.81. The van der Waals surface area contributed by atoms with Crippen molar-refractivity contribution >= 4 is 5.91 Å². The fourth-order valence-corrected chi connectivity index (χ4v) is 3.20. The first-order valence-corrected chi connectivity index (χ1v) is 9.33. The third-order valence-electron chi connectivity index (χ3n) is 5.12. The fourth-order valence-electron chi connectivity index (χ4n) is 3.20. The molecule has 1 saturated heterocycles. The lowest BCUT2D eigenvalue weighted by Gasteiger charge is -2.37. The molecule has 1 heterocycles. The summed E-state index contributed by atoms with van der Waals surface area (Å²) < 4.78 is 5.22. The Kier molecular flexibility index (Phi) is 7.88. The Hall–Kier alpha value is -1.43. The van der Waals surface area contributed by atoms with Crippen LogP contribution in [-0.4, -0.2) is 80.1 Å². The number of hydrogen-bond acceptors (Lipinski definition) is 4. The van der Waals surface area contributed by atoms with Crippen molar-refractivity contribution in [3.8, 4) is 0 Å². The molecule has 2 rings (SSSR count). The maximum atomic E-state index is 13.1. The van der Waals surface area contributed by atoms with Gasteiger partial charge < -0.3 is 14.5 Å². The van der Waals surface area contributed by atoms with Crippen molar-refractivity contribution in [2.24, 2.45) is 0 Å². The molecule has 140 valence electrons. The van der Waals surface area contributed by atoms with Gasteiger partial charge in [-0.1, -0.05) is 31.2 Å². The zero-order chi connectivity index (χ0) is 18.2. The number of benzene rings is 1. The standard InChI is InChI=1S/C20H33N3O2/c1-5-18-6-8-19(9-7-18)16-23(14-15-25-4)20(24)17(2)22-12-10-21(3)11-13-22/h6-9,17H,5,10-16H2,1-4H3/t17-/m0/s1. The normalized spacial score (nSPS) is 17.4. The number of rotatable bonds is 8. The van der Waals surface area contributed by atoms with Crippen LogP contribution in [0.15, 0.2) is 24.3 Å². The number of aryl methyl sites for hydroxylation is 1. The van der Waals surface area contributed by atoms with Gasteiger partial charge in [-0.15, -0.1) is 0 Å². The van der Waals surface area contributed by atoms with E-state index in [1.54, 1.807) is 7.11 Å². The third-order valence-corrected chi connectivity index (χ3v) is 5.12. The second-order valence-corrected chi connectivity index (χ2v) is 6.94. The van der Waals surface area contributed by atoms with E-state index in [9.17, 15) is 4.79 Å². The fraction of sp³-hybridized carbons (Fsp3) is 0.650. The van der Waals surface area contributed by atoms with Crippen molar-refractivity contribution in [3.63, 3.8) is 0 Å². The number of amides is 1. The van der Waals surface area contributed by atoms with E-state index in [0.29, 0.717) is 19.7 Å². The van der Waals surface area contributed by atoms with E-state index in [1.165, 1.54) is 11.1 Å². The number of methoxy groups -OCH3 is 1. The molecule has 0 N–H and O–H groups in total. The Morgan fingerprint density at radius 2 is 1.76 bits per heavy atom. The monoisotopic (exact) mass is 347 g/mol. The highest BCUT2D eigenvalue weighted by Gasteiger charge is 2.28. The second-order valence-electron chi connectivity index (χ2n) is 6.94. The van der Waals surface area contributed by atoms with E-state index in [-0.39, 0.29) is 11.9 Å². The Morgan fingerprint density at radius 1 is 1.16 bits per heavy atom. The van der Waals surface area contributed by atoms with Crippen molar-refractivity contribution in [2.75, 3.05) is 53.5 Å². The first-order valence-electron chi connectivity index (χ1n) is 9.33. The molecule has 1 aliphatic heterocycles. The van der Waals surface area contributed by atoms with Crippen molar-refractivity contribution in [3.05, 3.63) is 35.4 Å². The summed E-state index contributed by atoms with van der Waals surface area (Å²) in [6, 6.07) is 8.48. The van der Waals surface area contributed by atoms with Gasteiger partial charge in [0.15, 0.2) is 0 Å². The topological polar surface area (TPSA) is 36.0 Å². The average Bonchev–Trinajstić information content (AvgIpc) is 2.65. The Bertz CT molecular complexity index is 524. The zero-order valence-electron chi connectivity index (χ0n) is 16.2. The van der Waals surface area contributed by atoms with E-state index >= 15 is 0 Å². The van der Waals surface area contributed by atoms with Crippen LogP contribution in [0.5, 0.6) is 0 Å². The van der Waals surface area contributed by atoms with Gasteiger partial charge >= 0.3 is 0 Å². The molecule has 0 aliphatic carbocycles.